The minimum absolute atomic E-state index is 0.0580. The number of aliphatic hydroxyl groups excluding tert-OH is 1. The molecule has 3 atom stereocenters. The number of nitrogens with one attached hydrogen (secondary N) is 2. The predicted octanol–water partition coefficient (Wildman–Crippen LogP) is 2.92. The quantitative estimate of drug-likeness (QED) is 0.458. The van der Waals surface area contributed by atoms with Gasteiger partial charge in [-0.25, -0.2) is 9.37 Å². The molecule has 2 aliphatic heterocycles. The average molecular weight is 498 g/mol. The molecule has 0 bridgehead atoms. The van der Waals surface area contributed by atoms with Gasteiger partial charge in [0, 0.05) is 31.1 Å². The van der Waals surface area contributed by atoms with Gasteiger partial charge in [0.05, 0.1) is 41.3 Å². The largest absolute Gasteiger partial charge is 0.495 e. The van der Waals surface area contributed by atoms with Crippen molar-refractivity contribution < 1.29 is 19.0 Å². The molecule has 184 valence electrons. The number of carbonyl (C=O) groups excluding carboxylic acids is 1. The second-order valence-corrected chi connectivity index (χ2v) is 9.86. The van der Waals surface area contributed by atoms with Crippen LogP contribution >= 0.6 is 11.8 Å². The summed E-state index contributed by atoms with van der Waals surface area (Å²) >= 11 is 1.47. The zero-order valence-electron chi connectivity index (χ0n) is 19.4. The molecular weight excluding hydrogens is 469 g/mol. The Morgan fingerprint density at radius 1 is 1.37 bits per heavy atom. The summed E-state index contributed by atoms with van der Waals surface area (Å²) in [5.74, 6) is 1.54. The zero-order valence-corrected chi connectivity index (χ0v) is 20.2. The second-order valence-electron chi connectivity index (χ2n) is 8.84. The highest BCUT2D eigenvalue weighted by atomic mass is 32.2. The Hall–Kier alpha value is -2.79. The molecule has 2 aromatic heterocycles. The van der Waals surface area contributed by atoms with Gasteiger partial charge in [-0.2, -0.15) is 0 Å². The van der Waals surface area contributed by atoms with Crippen molar-refractivity contribution >= 4 is 34.4 Å². The zero-order chi connectivity index (χ0) is 24.4. The highest BCUT2D eigenvalue weighted by molar-refractivity contribution is 8.00. The molecule has 2 aliphatic rings. The third-order valence-corrected chi connectivity index (χ3v) is 7.51. The molecule has 35 heavy (non-hydrogen) atoms. The number of pyridine rings is 2. The number of carbonyl (C=O) groups is 1. The fourth-order valence-corrected chi connectivity index (χ4v) is 5.36. The van der Waals surface area contributed by atoms with E-state index in [0.29, 0.717) is 43.4 Å². The molecule has 1 amide bonds. The predicted molar refractivity (Wildman–Crippen MR) is 133 cm³/mol. The van der Waals surface area contributed by atoms with Gasteiger partial charge in [0.1, 0.15) is 17.7 Å². The molecule has 3 N–H and O–H groups in total. The van der Waals surface area contributed by atoms with Gasteiger partial charge in [0.15, 0.2) is 0 Å². The van der Waals surface area contributed by atoms with E-state index in [4.69, 9.17) is 4.74 Å². The van der Waals surface area contributed by atoms with E-state index in [-0.39, 0.29) is 18.5 Å². The maximum atomic E-state index is 15.0. The number of hydrogen-bond acceptors (Lipinski definition) is 8. The van der Waals surface area contributed by atoms with Crippen molar-refractivity contribution in [3.63, 3.8) is 0 Å². The Balaban J connectivity index is 1.17. The van der Waals surface area contributed by atoms with Gasteiger partial charge < -0.3 is 20.5 Å². The number of amides is 1. The number of β-amino-alcohol motifs (C(OH)–C–C–N with tert-alkyl or cyclic N) is 1. The number of halogens is 1. The SMILES string of the molecule is COc1cnc2cccc(C(O)CN3CCC(NCc4ccc5c(n4)NC(=O)CS5)C(F)C3)c2c1. The summed E-state index contributed by atoms with van der Waals surface area (Å²) in [6.45, 7) is 1.68. The number of hydrogen-bond donors (Lipinski definition) is 3. The fraction of sp³-hybridized carbons (Fsp3) is 0.400. The van der Waals surface area contributed by atoms with Crippen LogP contribution in [0.15, 0.2) is 47.5 Å². The summed E-state index contributed by atoms with van der Waals surface area (Å²) in [5.41, 5.74) is 2.30. The van der Waals surface area contributed by atoms with Crippen molar-refractivity contribution in [1.82, 2.24) is 20.2 Å². The summed E-state index contributed by atoms with van der Waals surface area (Å²) in [7, 11) is 1.58. The topological polar surface area (TPSA) is 99.6 Å². The third-order valence-electron chi connectivity index (χ3n) is 6.46. The Bertz CT molecular complexity index is 1230. The summed E-state index contributed by atoms with van der Waals surface area (Å²) in [6, 6.07) is 11.1. The number of anilines is 1. The second kappa shape index (κ2) is 10.4. The van der Waals surface area contributed by atoms with E-state index in [1.807, 2.05) is 41.3 Å². The number of nitrogens with zero attached hydrogens (tertiary/aromatic N) is 3. The molecule has 0 saturated carbocycles. The van der Waals surface area contributed by atoms with Crippen LogP contribution in [0.1, 0.15) is 23.8 Å². The Kier molecular flexibility index (Phi) is 7.14. The number of aliphatic hydroxyl groups is 1. The van der Waals surface area contributed by atoms with Crippen molar-refractivity contribution in [2.45, 2.75) is 36.2 Å². The third kappa shape index (κ3) is 5.40. The van der Waals surface area contributed by atoms with E-state index < -0.39 is 12.3 Å². The van der Waals surface area contributed by atoms with E-state index in [1.165, 1.54) is 11.8 Å². The van der Waals surface area contributed by atoms with Crippen molar-refractivity contribution in [3.05, 3.63) is 53.9 Å². The molecule has 3 unspecified atom stereocenters. The number of ether oxygens (including phenoxy) is 1. The maximum Gasteiger partial charge on any atom is 0.235 e. The minimum Gasteiger partial charge on any atom is -0.495 e. The molecule has 5 rings (SSSR count). The first-order valence-electron chi connectivity index (χ1n) is 11.6. The van der Waals surface area contributed by atoms with Crippen LogP contribution in [0, 0.1) is 0 Å². The normalized spacial score (nSPS) is 21.4. The monoisotopic (exact) mass is 497 g/mol. The molecule has 1 fully saturated rings. The first-order chi connectivity index (χ1) is 17.0. The molecule has 0 radical (unpaired) electrons. The molecule has 1 saturated heterocycles. The van der Waals surface area contributed by atoms with Gasteiger partial charge in [-0.3, -0.25) is 14.7 Å². The lowest BCUT2D eigenvalue weighted by atomic mass is 9.99. The molecule has 3 aromatic rings. The van der Waals surface area contributed by atoms with Crippen molar-refractivity contribution in [1.29, 1.82) is 0 Å². The minimum atomic E-state index is -1.07. The number of fused-ring (bicyclic) bond motifs is 2. The van der Waals surface area contributed by atoms with Crippen molar-refractivity contribution in [2.75, 3.05) is 37.8 Å². The number of aromatic nitrogens is 2. The highest BCUT2D eigenvalue weighted by Crippen LogP contribution is 2.30. The van der Waals surface area contributed by atoms with Crippen LogP contribution in [-0.2, 0) is 11.3 Å². The van der Waals surface area contributed by atoms with Crippen LogP contribution in [-0.4, -0.2) is 70.6 Å². The van der Waals surface area contributed by atoms with Gasteiger partial charge in [0.25, 0.3) is 0 Å². The lowest BCUT2D eigenvalue weighted by molar-refractivity contribution is -0.113. The van der Waals surface area contributed by atoms with Crippen LogP contribution in [0.5, 0.6) is 5.75 Å². The molecule has 4 heterocycles. The fourth-order valence-electron chi connectivity index (χ4n) is 4.60. The number of rotatable bonds is 7. The molecule has 0 aliphatic carbocycles. The number of likely N-dealkylation sites (tertiary alicyclic amines) is 1. The lowest BCUT2D eigenvalue weighted by Gasteiger charge is -2.36. The molecular formula is C25H28FN5O3S. The number of alkyl halides is 1. The van der Waals surface area contributed by atoms with Crippen LogP contribution in [0.3, 0.4) is 0 Å². The summed E-state index contributed by atoms with van der Waals surface area (Å²) in [5, 5.41) is 17.9. The van der Waals surface area contributed by atoms with E-state index in [0.717, 1.165) is 27.1 Å². The van der Waals surface area contributed by atoms with Gasteiger partial charge in [-0.15, -0.1) is 11.8 Å². The Morgan fingerprint density at radius 2 is 2.26 bits per heavy atom. The van der Waals surface area contributed by atoms with Crippen LogP contribution in [0.25, 0.3) is 10.9 Å². The standard InChI is InChI=1S/C25H28FN5O3S/c1-34-16-9-18-17(3-2-4-20(18)28-11-16)22(32)13-31-8-7-21(19(26)12-31)27-10-15-5-6-23-25(29-15)30-24(33)14-35-23/h2-6,9,11,19,21-22,27,32H,7-8,10,12-14H2,1H3,(H,29,30,33). The number of piperidine rings is 1. The number of methoxy groups -OCH3 is 1. The number of thioether (sulfide) groups is 1. The molecule has 8 nitrogen and oxygen atoms in total. The van der Waals surface area contributed by atoms with Gasteiger partial charge in [0.2, 0.25) is 5.91 Å². The summed E-state index contributed by atoms with van der Waals surface area (Å²) in [6.07, 6.45) is 0.435. The molecule has 0 spiro atoms. The summed E-state index contributed by atoms with van der Waals surface area (Å²) < 4.78 is 20.3. The van der Waals surface area contributed by atoms with Crippen molar-refractivity contribution in [3.8, 4) is 5.75 Å². The molecule has 1 aromatic carbocycles. The smallest absolute Gasteiger partial charge is 0.235 e. The lowest BCUT2D eigenvalue weighted by Crippen LogP contribution is -2.51. The number of benzene rings is 1. The average Bonchev–Trinajstić information content (AvgIpc) is 2.87. The van der Waals surface area contributed by atoms with Crippen LogP contribution < -0.4 is 15.4 Å². The van der Waals surface area contributed by atoms with E-state index in [2.05, 4.69) is 20.6 Å². The van der Waals surface area contributed by atoms with E-state index >= 15 is 4.39 Å². The van der Waals surface area contributed by atoms with E-state index in [9.17, 15) is 9.90 Å². The molecule has 10 heteroatoms. The first-order valence-corrected chi connectivity index (χ1v) is 12.6. The summed E-state index contributed by atoms with van der Waals surface area (Å²) in [4.78, 5) is 23.4. The highest BCUT2D eigenvalue weighted by Gasteiger charge is 2.30. The van der Waals surface area contributed by atoms with E-state index in [1.54, 1.807) is 13.3 Å². The van der Waals surface area contributed by atoms with Crippen LogP contribution in [0.4, 0.5) is 10.2 Å². The Labute approximate surface area is 207 Å². The van der Waals surface area contributed by atoms with Crippen molar-refractivity contribution in [2.24, 2.45) is 0 Å². The van der Waals surface area contributed by atoms with Gasteiger partial charge in [-0.05, 0) is 42.8 Å². The maximum absolute atomic E-state index is 15.0. The van der Waals surface area contributed by atoms with Crippen LogP contribution in [0.2, 0.25) is 0 Å². The Morgan fingerprint density at radius 3 is 3.09 bits per heavy atom. The van der Waals surface area contributed by atoms with Gasteiger partial charge >= 0.3 is 0 Å². The first kappa shape index (κ1) is 23.9. The van der Waals surface area contributed by atoms with Gasteiger partial charge in [-0.1, -0.05) is 12.1 Å².